The zero-order chi connectivity index (χ0) is 18.9. The molecule has 2 aliphatic carbocycles. The van der Waals surface area contributed by atoms with Crippen LogP contribution in [-0.4, -0.2) is 23.7 Å². The van der Waals surface area contributed by atoms with Crippen molar-refractivity contribution in [1.29, 1.82) is 0 Å². The van der Waals surface area contributed by atoms with Crippen LogP contribution in [0.2, 0.25) is 0 Å². The van der Waals surface area contributed by atoms with E-state index in [0.717, 1.165) is 59.3 Å². The molecule has 2 fully saturated rings. The Balaban J connectivity index is 0.00000205. The number of halogens is 2. The first kappa shape index (κ1) is 21.0. The number of hydrogen-bond donors (Lipinski definition) is 2. The summed E-state index contributed by atoms with van der Waals surface area (Å²) < 4.78 is 6.42. The maximum Gasteiger partial charge on any atom is 0.0895 e. The molecular formula is C22H30Cl2N4O. The normalized spacial score (nSPS) is 26.9. The summed E-state index contributed by atoms with van der Waals surface area (Å²) in [4.78, 5) is 3.58. The maximum absolute atomic E-state index is 6.42. The number of nitrogens with one attached hydrogen (secondary N) is 2. The van der Waals surface area contributed by atoms with Crippen LogP contribution in [0.15, 0.2) is 21.3 Å². The fraction of sp³-hybridized carbons (Fsp3) is 0.636. The van der Waals surface area contributed by atoms with Gasteiger partial charge in [-0.25, -0.2) is 0 Å². The highest BCUT2D eigenvalue weighted by Crippen LogP contribution is 2.35. The number of azo groups is 1. The minimum absolute atomic E-state index is 0. The Hall–Kier alpha value is -1.30. The van der Waals surface area contributed by atoms with Crippen molar-refractivity contribution in [3.63, 3.8) is 0 Å². The molecule has 0 bridgehead atoms. The molecule has 7 heteroatoms. The summed E-state index contributed by atoms with van der Waals surface area (Å²) in [5.41, 5.74) is 3.49. The average Bonchev–Trinajstić information content (AvgIpc) is 2.95. The summed E-state index contributed by atoms with van der Waals surface area (Å²) in [6.07, 6.45) is 16.0. The summed E-state index contributed by atoms with van der Waals surface area (Å²) in [5.74, 6) is 0.460. The van der Waals surface area contributed by atoms with E-state index in [1.807, 2.05) is 12.2 Å². The molecule has 2 saturated carbocycles. The molecule has 2 aliphatic heterocycles. The second kappa shape index (κ2) is 9.23. The number of anilines is 1. The molecule has 0 aromatic carbocycles. The van der Waals surface area contributed by atoms with Gasteiger partial charge in [-0.1, -0.05) is 30.9 Å². The number of allylic oxidation sites excluding steroid dienone is 1. The summed E-state index contributed by atoms with van der Waals surface area (Å²) in [6.45, 7) is 1.37. The molecule has 0 unspecified atom stereocenters. The topological polar surface area (TPSA) is 61.8 Å². The van der Waals surface area contributed by atoms with Crippen molar-refractivity contribution in [3.8, 4) is 0 Å². The number of aromatic amines is 1. The van der Waals surface area contributed by atoms with Gasteiger partial charge in [-0.2, -0.15) is 10.2 Å². The van der Waals surface area contributed by atoms with Crippen LogP contribution in [0.5, 0.6) is 0 Å². The van der Waals surface area contributed by atoms with Crippen molar-refractivity contribution in [2.45, 2.75) is 76.5 Å². The Labute approximate surface area is 183 Å². The van der Waals surface area contributed by atoms with Crippen LogP contribution < -0.4 is 16.0 Å². The van der Waals surface area contributed by atoms with E-state index in [4.69, 9.17) is 16.3 Å². The van der Waals surface area contributed by atoms with Crippen molar-refractivity contribution in [3.05, 3.63) is 27.4 Å². The Kier molecular flexibility index (Phi) is 6.67. The second-order valence-corrected chi connectivity index (χ2v) is 8.97. The van der Waals surface area contributed by atoms with Crippen LogP contribution in [0.1, 0.15) is 63.4 Å². The highest BCUT2D eigenvalue weighted by molar-refractivity contribution is 6.34. The summed E-state index contributed by atoms with van der Waals surface area (Å²) >= 11 is 6.27. The van der Waals surface area contributed by atoms with E-state index >= 15 is 0 Å². The standard InChI is InChI=1S/C22H29ClN4O.ClH/c23-15-10-11-24-21-18-13-25-27-20(22(18)26-19(21)12-15)14-6-8-17(9-7-14)28-16-4-2-1-3-5-16;/h10,12,14,16-17,24,26H,1-9,11,13H2;1H/t14-,17-;. The van der Waals surface area contributed by atoms with Crippen molar-refractivity contribution < 1.29 is 4.74 Å². The third-order valence-electron chi connectivity index (χ3n) is 6.65. The predicted molar refractivity (Wildman–Crippen MR) is 120 cm³/mol. The first-order valence-electron chi connectivity index (χ1n) is 10.9. The molecule has 1 aromatic rings. The van der Waals surface area contributed by atoms with E-state index in [-0.39, 0.29) is 12.4 Å². The zero-order valence-electron chi connectivity index (χ0n) is 16.8. The van der Waals surface area contributed by atoms with Crippen LogP contribution >= 0.6 is 24.0 Å². The summed E-state index contributed by atoms with van der Waals surface area (Å²) in [5, 5.41) is 15.5. The molecule has 0 saturated heterocycles. The van der Waals surface area contributed by atoms with Crippen molar-refractivity contribution in [1.82, 2.24) is 4.98 Å². The Bertz CT molecular complexity index is 906. The minimum atomic E-state index is 0. The number of aromatic nitrogens is 1. The third-order valence-corrected chi connectivity index (χ3v) is 6.92. The lowest BCUT2D eigenvalue weighted by atomic mass is 9.84. The molecule has 5 rings (SSSR count). The van der Waals surface area contributed by atoms with Gasteiger partial charge < -0.3 is 15.0 Å². The smallest absolute Gasteiger partial charge is 0.0895 e. The number of nitrogens with zero attached hydrogens (tertiary/aromatic N) is 2. The maximum atomic E-state index is 6.42. The predicted octanol–water partition coefficient (Wildman–Crippen LogP) is 4.75. The molecule has 0 spiro atoms. The van der Waals surface area contributed by atoms with Gasteiger partial charge in [0.05, 0.1) is 40.8 Å². The number of rotatable bonds is 3. The molecule has 0 amide bonds. The average molecular weight is 437 g/mol. The lowest BCUT2D eigenvalue weighted by molar-refractivity contribution is -0.0482. The van der Waals surface area contributed by atoms with Crippen LogP contribution in [0.4, 0.5) is 5.69 Å². The van der Waals surface area contributed by atoms with E-state index in [1.54, 1.807) is 0 Å². The van der Waals surface area contributed by atoms with Crippen LogP contribution in [0, 0.1) is 5.92 Å². The lowest BCUT2D eigenvalue weighted by Crippen LogP contribution is -2.30. The van der Waals surface area contributed by atoms with E-state index in [2.05, 4.69) is 20.5 Å². The van der Waals surface area contributed by atoms with Crippen LogP contribution in [-0.2, 0) is 11.3 Å². The van der Waals surface area contributed by atoms with Gasteiger partial charge in [0.2, 0.25) is 0 Å². The molecular weight excluding hydrogens is 407 g/mol. The highest BCUT2D eigenvalue weighted by atomic mass is 35.5. The van der Waals surface area contributed by atoms with Gasteiger partial charge in [0.25, 0.3) is 0 Å². The van der Waals surface area contributed by atoms with E-state index in [1.165, 1.54) is 37.7 Å². The molecule has 1 aromatic heterocycles. The van der Waals surface area contributed by atoms with Crippen LogP contribution in [0.3, 0.4) is 0 Å². The zero-order valence-corrected chi connectivity index (χ0v) is 18.3. The molecule has 4 aliphatic rings. The van der Waals surface area contributed by atoms with Gasteiger partial charge in [0, 0.05) is 23.1 Å². The summed E-state index contributed by atoms with van der Waals surface area (Å²) in [7, 11) is 0. The van der Waals surface area contributed by atoms with Gasteiger partial charge >= 0.3 is 0 Å². The van der Waals surface area contributed by atoms with E-state index in [0.29, 0.717) is 24.7 Å². The summed E-state index contributed by atoms with van der Waals surface area (Å²) in [6, 6.07) is 0. The SMILES string of the molecule is Cl.ClC1=CCNc2c3c([nH]c2=C1)=C([C@H]1CC[C@H](OC2CCCCC2)CC1)N=NC3. The number of H-pyrrole nitrogens is 1. The van der Waals surface area contributed by atoms with Gasteiger partial charge in [-0.05, 0) is 50.7 Å². The number of ether oxygens (including phenoxy) is 1. The molecule has 0 radical (unpaired) electrons. The molecule has 3 heterocycles. The lowest BCUT2D eigenvalue weighted by Gasteiger charge is -2.33. The molecule has 5 nitrogen and oxygen atoms in total. The number of hydrogen-bond acceptors (Lipinski definition) is 4. The Morgan fingerprint density at radius 3 is 2.55 bits per heavy atom. The van der Waals surface area contributed by atoms with Gasteiger partial charge in [0.15, 0.2) is 0 Å². The van der Waals surface area contributed by atoms with Gasteiger partial charge in [-0.3, -0.25) is 0 Å². The fourth-order valence-electron chi connectivity index (χ4n) is 5.16. The second-order valence-electron chi connectivity index (χ2n) is 8.54. The molecule has 158 valence electrons. The minimum Gasteiger partial charge on any atom is -0.379 e. The van der Waals surface area contributed by atoms with Crippen molar-refractivity contribution >= 4 is 41.5 Å². The monoisotopic (exact) mass is 436 g/mol. The fourth-order valence-corrected chi connectivity index (χ4v) is 5.34. The highest BCUT2D eigenvalue weighted by Gasteiger charge is 2.29. The first-order chi connectivity index (χ1) is 13.8. The molecule has 2 N–H and O–H groups in total. The Morgan fingerprint density at radius 1 is 1.00 bits per heavy atom. The van der Waals surface area contributed by atoms with Crippen molar-refractivity contribution in [2.75, 3.05) is 11.9 Å². The third kappa shape index (κ3) is 4.42. The van der Waals surface area contributed by atoms with E-state index < -0.39 is 0 Å². The molecule has 29 heavy (non-hydrogen) atoms. The first-order valence-corrected chi connectivity index (χ1v) is 11.2. The van der Waals surface area contributed by atoms with Gasteiger partial charge in [-0.15, -0.1) is 12.4 Å². The number of fused-ring (bicyclic) bond motifs is 3. The molecule has 0 atom stereocenters. The Morgan fingerprint density at radius 2 is 1.76 bits per heavy atom. The van der Waals surface area contributed by atoms with E-state index in [9.17, 15) is 0 Å². The van der Waals surface area contributed by atoms with Crippen molar-refractivity contribution in [2.24, 2.45) is 16.1 Å². The largest absolute Gasteiger partial charge is 0.379 e. The van der Waals surface area contributed by atoms with Gasteiger partial charge in [0.1, 0.15) is 0 Å². The quantitative estimate of drug-likeness (QED) is 0.717. The van der Waals surface area contributed by atoms with Crippen LogP contribution in [0.25, 0.3) is 11.8 Å².